The first-order chi connectivity index (χ1) is 7.65. The summed E-state index contributed by atoms with van der Waals surface area (Å²) in [7, 11) is 1.60. The monoisotopic (exact) mass is 218 g/mol. The summed E-state index contributed by atoms with van der Waals surface area (Å²) in [4.78, 5) is 10.8. The molecule has 0 spiro atoms. The molecule has 84 valence electrons. The first kappa shape index (κ1) is 12.1. The van der Waals surface area contributed by atoms with E-state index < -0.39 is 6.04 Å². The van der Waals surface area contributed by atoms with Gasteiger partial charge in [0.05, 0.1) is 13.2 Å². The molecule has 0 unspecified atom stereocenters. The highest BCUT2D eigenvalue weighted by Gasteiger charge is 2.09. The van der Waals surface area contributed by atoms with Crippen molar-refractivity contribution in [1.82, 2.24) is 5.32 Å². The van der Waals surface area contributed by atoms with E-state index >= 15 is 0 Å². The van der Waals surface area contributed by atoms with Crippen molar-refractivity contribution in [2.24, 2.45) is 0 Å². The number of rotatable bonds is 4. The topological polar surface area (TPSA) is 62.1 Å². The molecule has 1 atom stereocenters. The molecule has 0 aliphatic carbocycles. The number of hydrogen-bond donors (Lipinski definition) is 1. The number of benzene rings is 1. The van der Waals surface area contributed by atoms with Gasteiger partial charge < -0.3 is 10.1 Å². The van der Waals surface area contributed by atoms with E-state index in [1.807, 2.05) is 30.3 Å². The van der Waals surface area contributed by atoms with E-state index in [4.69, 9.17) is 10.00 Å². The zero-order valence-corrected chi connectivity index (χ0v) is 9.36. The van der Waals surface area contributed by atoms with Gasteiger partial charge in [0.2, 0.25) is 5.91 Å². The molecule has 0 saturated carbocycles. The molecule has 0 radical (unpaired) electrons. The largest absolute Gasteiger partial charge is 0.497 e. The zero-order valence-electron chi connectivity index (χ0n) is 9.36. The van der Waals surface area contributed by atoms with Crippen LogP contribution in [0, 0.1) is 11.3 Å². The fourth-order valence-corrected chi connectivity index (χ4v) is 1.37. The number of methoxy groups -OCH3 is 1. The summed E-state index contributed by atoms with van der Waals surface area (Å²) in [5.41, 5.74) is 0.987. The van der Waals surface area contributed by atoms with E-state index in [1.54, 1.807) is 7.11 Å². The third-order valence-electron chi connectivity index (χ3n) is 2.13. The van der Waals surface area contributed by atoms with Crippen LogP contribution in [0.3, 0.4) is 0 Å². The molecule has 0 bridgehead atoms. The van der Waals surface area contributed by atoms with Crippen LogP contribution < -0.4 is 10.1 Å². The highest BCUT2D eigenvalue weighted by molar-refractivity contribution is 5.73. The number of nitrogens with one attached hydrogen (secondary N) is 1. The van der Waals surface area contributed by atoms with E-state index in [1.165, 1.54) is 6.92 Å². The molecule has 1 N–H and O–H groups in total. The molecule has 1 amide bonds. The van der Waals surface area contributed by atoms with Gasteiger partial charge in [-0.1, -0.05) is 12.1 Å². The molecular formula is C12H14N2O2. The lowest BCUT2D eigenvalue weighted by atomic mass is 10.1. The fraction of sp³-hybridized carbons (Fsp3) is 0.333. The molecule has 0 aliphatic rings. The molecule has 4 heteroatoms. The van der Waals surface area contributed by atoms with E-state index in [0.717, 1.165) is 11.3 Å². The quantitative estimate of drug-likeness (QED) is 0.827. The predicted molar refractivity (Wildman–Crippen MR) is 59.9 cm³/mol. The SMILES string of the molecule is COc1ccc(C[C@@H](C#N)NC(C)=O)cc1. The van der Waals surface area contributed by atoms with Gasteiger partial charge in [0.1, 0.15) is 11.8 Å². The predicted octanol–water partition coefficient (Wildman–Crippen LogP) is 1.27. The summed E-state index contributed by atoms with van der Waals surface area (Å²) in [6, 6.07) is 8.99. The Hall–Kier alpha value is -2.02. The van der Waals surface area contributed by atoms with Gasteiger partial charge in [-0.05, 0) is 17.7 Å². The summed E-state index contributed by atoms with van der Waals surface area (Å²) in [5.74, 6) is 0.580. The Kier molecular flexibility index (Phi) is 4.34. The maximum absolute atomic E-state index is 10.8. The number of amides is 1. The number of carbonyl (C=O) groups excluding carboxylic acids is 1. The minimum absolute atomic E-state index is 0.194. The molecule has 1 aromatic carbocycles. The van der Waals surface area contributed by atoms with Crippen molar-refractivity contribution in [1.29, 1.82) is 5.26 Å². The summed E-state index contributed by atoms with van der Waals surface area (Å²) in [6.45, 7) is 1.40. The van der Waals surface area contributed by atoms with Crippen LogP contribution in [0.5, 0.6) is 5.75 Å². The molecular weight excluding hydrogens is 204 g/mol. The summed E-state index contributed by atoms with van der Waals surface area (Å²) >= 11 is 0. The minimum atomic E-state index is -0.481. The van der Waals surface area contributed by atoms with Crippen molar-refractivity contribution in [3.63, 3.8) is 0 Å². The standard InChI is InChI=1S/C12H14N2O2/c1-9(15)14-11(8-13)7-10-3-5-12(16-2)6-4-10/h3-6,11H,7H2,1-2H3,(H,14,15)/t11-/m0/s1. The van der Waals surface area contributed by atoms with Crippen molar-refractivity contribution in [2.45, 2.75) is 19.4 Å². The van der Waals surface area contributed by atoms with Crippen molar-refractivity contribution in [3.05, 3.63) is 29.8 Å². The molecule has 0 aromatic heterocycles. The van der Waals surface area contributed by atoms with E-state index in [2.05, 4.69) is 5.32 Å². The first-order valence-corrected chi connectivity index (χ1v) is 4.95. The molecule has 0 saturated heterocycles. The van der Waals surface area contributed by atoms with Gasteiger partial charge in [-0.3, -0.25) is 4.79 Å². The Morgan fingerprint density at radius 3 is 2.56 bits per heavy atom. The van der Waals surface area contributed by atoms with Crippen LogP contribution in [0.4, 0.5) is 0 Å². The second-order valence-corrected chi connectivity index (χ2v) is 3.43. The van der Waals surface area contributed by atoms with Gasteiger partial charge in [-0.15, -0.1) is 0 Å². The molecule has 1 rings (SSSR count). The van der Waals surface area contributed by atoms with Crippen LogP contribution in [-0.2, 0) is 11.2 Å². The third kappa shape index (κ3) is 3.62. The number of carbonyl (C=O) groups is 1. The Labute approximate surface area is 94.8 Å². The van der Waals surface area contributed by atoms with Gasteiger partial charge in [0.15, 0.2) is 0 Å². The van der Waals surface area contributed by atoms with Gasteiger partial charge >= 0.3 is 0 Å². The lowest BCUT2D eigenvalue weighted by Crippen LogP contribution is -2.33. The average molecular weight is 218 g/mol. The molecule has 0 fully saturated rings. The first-order valence-electron chi connectivity index (χ1n) is 4.95. The van der Waals surface area contributed by atoms with Gasteiger partial charge in [0, 0.05) is 13.3 Å². The van der Waals surface area contributed by atoms with Crippen molar-refractivity contribution in [3.8, 4) is 11.8 Å². The lowest BCUT2D eigenvalue weighted by molar-refractivity contribution is -0.119. The van der Waals surface area contributed by atoms with Crippen molar-refractivity contribution >= 4 is 5.91 Å². The van der Waals surface area contributed by atoms with E-state index in [-0.39, 0.29) is 5.91 Å². The van der Waals surface area contributed by atoms with Crippen LogP contribution in [0.25, 0.3) is 0 Å². The Balaban J connectivity index is 2.64. The zero-order chi connectivity index (χ0) is 12.0. The smallest absolute Gasteiger partial charge is 0.217 e. The summed E-state index contributed by atoms with van der Waals surface area (Å²) in [5, 5.41) is 11.4. The fourth-order valence-electron chi connectivity index (χ4n) is 1.37. The maximum Gasteiger partial charge on any atom is 0.217 e. The summed E-state index contributed by atoms with van der Waals surface area (Å²) in [6.07, 6.45) is 0.500. The van der Waals surface area contributed by atoms with E-state index in [0.29, 0.717) is 6.42 Å². The second kappa shape index (κ2) is 5.76. The van der Waals surface area contributed by atoms with Gasteiger partial charge in [0.25, 0.3) is 0 Å². The number of hydrogen-bond acceptors (Lipinski definition) is 3. The highest BCUT2D eigenvalue weighted by Crippen LogP contribution is 2.12. The van der Waals surface area contributed by atoms with Gasteiger partial charge in [-0.25, -0.2) is 0 Å². The Morgan fingerprint density at radius 2 is 2.12 bits per heavy atom. The van der Waals surface area contributed by atoms with Crippen molar-refractivity contribution < 1.29 is 9.53 Å². The summed E-state index contributed by atoms with van der Waals surface area (Å²) < 4.78 is 5.03. The molecule has 16 heavy (non-hydrogen) atoms. The molecule has 4 nitrogen and oxygen atoms in total. The van der Waals surface area contributed by atoms with Crippen LogP contribution in [-0.4, -0.2) is 19.1 Å². The normalized spacial score (nSPS) is 11.3. The van der Waals surface area contributed by atoms with Crippen LogP contribution in [0.1, 0.15) is 12.5 Å². The molecule has 0 heterocycles. The van der Waals surface area contributed by atoms with Crippen LogP contribution in [0.15, 0.2) is 24.3 Å². The van der Waals surface area contributed by atoms with Crippen LogP contribution >= 0.6 is 0 Å². The number of ether oxygens (including phenoxy) is 1. The third-order valence-corrected chi connectivity index (χ3v) is 2.13. The minimum Gasteiger partial charge on any atom is -0.497 e. The maximum atomic E-state index is 10.8. The highest BCUT2D eigenvalue weighted by atomic mass is 16.5. The average Bonchev–Trinajstić information content (AvgIpc) is 2.28. The Bertz CT molecular complexity index is 392. The van der Waals surface area contributed by atoms with Crippen molar-refractivity contribution in [2.75, 3.05) is 7.11 Å². The second-order valence-electron chi connectivity index (χ2n) is 3.43. The molecule has 1 aromatic rings. The molecule has 0 aliphatic heterocycles. The lowest BCUT2D eigenvalue weighted by Gasteiger charge is -2.10. The van der Waals surface area contributed by atoms with Crippen LogP contribution in [0.2, 0.25) is 0 Å². The van der Waals surface area contributed by atoms with Gasteiger partial charge in [-0.2, -0.15) is 5.26 Å². The Morgan fingerprint density at radius 1 is 1.50 bits per heavy atom. The number of nitrogens with zero attached hydrogens (tertiary/aromatic N) is 1. The van der Waals surface area contributed by atoms with E-state index in [9.17, 15) is 4.79 Å². The number of nitriles is 1.